The largest absolute Gasteiger partial charge is 0.506 e. The van der Waals surface area contributed by atoms with Crippen molar-refractivity contribution in [1.82, 2.24) is 15.0 Å². The lowest BCUT2D eigenvalue weighted by Gasteiger charge is -2.21. The Hall–Kier alpha value is -1.63. The first-order valence-corrected chi connectivity index (χ1v) is 8.09. The summed E-state index contributed by atoms with van der Waals surface area (Å²) in [6.45, 7) is 0.527. The maximum absolute atomic E-state index is 11.6. The fourth-order valence-electron chi connectivity index (χ4n) is 2.62. The molecule has 2 aromatic rings. The van der Waals surface area contributed by atoms with Gasteiger partial charge in [-0.15, -0.1) is 5.10 Å². The van der Waals surface area contributed by atoms with Crippen LogP contribution in [0, 0.1) is 5.92 Å². The molecule has 1 saturated heterocycles. The van der Waals surface area contributed by atoms with Crippen molar-refractivity contribution in [3.8, 4) is 5.75 Å². The summed E-state index contributed by atoms with van der Waals surface area (Å²) < 4.78 is 24.9. The summed E-state index contributed by atoms with van der Waals surface area (Å²) in [5.74, 6) is 0.682. The van der Waals surface area contributed by atoms with Crippen molar-refractivity contribution in [3.05, 3.63) is 18.2 Å². The minimum Gasteiger partial charge on any atom is -0.506 e. The van der Waals surface area contributed by atoms with Crippen LogP contribution in [0.15, 0.2) is 18.2 Å². The molecule has 0 bridgehead atoms. The van der Waals surface area contributed by atoms with Gasteiger partial charge in [-0.3, -0.25) is 0 Å². The summed E-state index contributed by atoms with van der Waals surface area (Å²) in [5.41, 5.74) is 1.20. The van der Waals surface area contributed by atoms with Crippen LogP contribution in [-0.2, 0) is 16.4 Å². The van der Waals surface area contributed by atoms with E-state index in [0.717, 1.165) is 11.9 Å². The van der Waals surface area contributed by atoms with Gasteiger partial charge in [0, 0.05) is 6.54 Å². The van der Waals surface area contributed by atoms with Gasteiger partial charge < -0.3 is 5.11 Å². The zero-order valence-corrected chi connectivity index (χ0v) is 11.2. The zero-order chi connectivity index (χ0) is 13.5. The van der Waals surface area contributed by atoms with Gasteiger partial charge in [-0.05, 0) is 30.9 Å². The Morgan fingerprint density at radius 2 is 2.26 bits per heavy atom. The third-order valence-electron chi connectivity index (χ3n) is 3.51. The molecule has 0 aliphatic carbocycles. The van der Waals surface area contributed by atoms with Crippen molar-refractivity contribution < 1.29 is 13.5 Å². The fraction of sp³-hybridized carbons (Fsp3) is 0.500. The van der Waals surface area contributed by atoms with Gasteiger partial charge in [0.15, 0.2) is 15.4 Å². The first-order valence-electron chi connectivity index (χ1n) is 6.27. The summed E-state index contributed by atoms with van der Waals surface area (Å²) >= 11 is 0. The maximum atomic E-state index is 11.6. The highest BCUT2D eigenvalue weighted by Crippen LogP contribution is 2.24. The Morgan fingerprint density at radius 1 is 1.42 bits per heavy atom. The molecule has 1 aliphatic heterocycles. The standard InChI is InChI=1S/C12H15N3O3S/c16-11-5-1-4-10-12(11)13-14-15(10)7-9-3-2-6-19(17,18)8-9/h1,4-5,9,16H,2-3,6-8H2. The molecule has 7 heteroatoms. The van der Waals surface area contributed by atoms with Crippen LogP contribution in [-0.4, -0.2) is 40.0 Å². The second-order valence-corrected chi connectivity index (χ2v) is 7.27. The quantitative estimate of drug-likeness (QED) is 0.886. The Labute approximate surface area is 111 Å². The van der Waals surface area contributed by atoms with Crippen LogP contribution < -0.4 is 0 Å². The Bertz CT molecular complexity index is 708. The lowest BCUT2D eigenvalue weighted by atomic mass is 10.1. The Morgan fingerprint density at radius 3 is 3.05 bits per heavy atom. The maximum Gasteiger partial charge on any atom is 0.154 e. The van der Waals surface area contributed by atoms with Crippen molar-refractivity contribution in [2.24, 2.45) is 5.92 Å². The zero-order valence-electron chi connectivity index (χ0n) is 10.4. The van der Waals surface area contributed by atoms with Crippen molar-refractivity contribution in [2.75, 3.05) is 11.5 Å². The van der Waals surface area contributed by atoms with E-state index in [-0.39, 0.29) is 17.4 Å². The number of fused-ring (bicyclic) bond motifs is 1. The van der Waals surface area contributed by atoms with E-state index in [1.807, 2.05) is 6.07 Å². The van der Waals surface area contributed by atoms with Crippen molar-refractivity contribution in [3.63, 3.8) is 0 Å². The normalized spacial score (nSPS) is 22.6. The van der Waals surface area contributed by atoms with E-state index in [4.69, 9.17) is 0 Å². The predicted octanol–water partition coefficient (Wildman–Crippen LogP) is 0.962. The van der Waals surface area contributed by atoms with Gasteiger partial charge >= 0.3 is 0 Å². The molecule has 0 amide bonds. The van der Waals surface area contributed by atoms with Gasteiger partial charge in [0.05, 0.1) is 17.0 Å². The number of hydrogen-bond acceptors (Lipinski definition) is 5. The predicted molar refractivity (Wildman–Crippen MR) is 70.6 cm³/mol. The molecule has 1 aliphatic rings. The number of sulfone groups is 1. The summed E-state index contributed by atoms with van der Waals surface area (Å²) in [5, 5.41) is 17.6. The smallest absolute Gasteiger partial charge is 0.154 e. The van der Waals surface area contributed by atoms with Crippen LogP contribution in [0.5, 0.6) is 5.75 Å². The van der Waals surface area contributed by atoms with E-state index in [2.05, 4.69) is 10.3 Å². The van der Waals surface area contributed by atoms with Gasteiger partial charge in [-0.25, -0.2) is 13.1 Å². The van der Waals surface area contributed by atoms with Crippen LogP contribution in [0.1, 0.15) is 12.8 Å². The van der Waals surface area contributed by atoms with E-state index in [1.54, 1.807) is 16.8 Å². The van der Waals surface area contributed by atoms with Crippen molar-refractivity contribution >= 4 is 20.9 Å². The summed E-state index contributed by atoms with van der Waals surface area (Å²) in [6.07, 6.45) is 1.60. The molecule has 1 aromatic carbocycles. The molecule has 102 valence electrons. The minimum absolute atomic E-state index is 0.0750. The van der Waals surface area contributed by atoms with E-state index in [1.165, 1.54) is 0 Å². The second-order valence-electron chi connectivity index (χ2n) is 5.04. The van der Waals surface area contributed by atoms with E-state index in [9.17, 15) is 13.5 Å². The molecule has 0 radical (unpaired) electrons. The first kappa shape index (κ1) is 12.4. The number of rotatable bonds is 2. The second kappa shape index (κ2) is 4.48. The summed E-state index contributed by atoms with van der Waals surface area (Å²) in [4.78, 5) is 0. The molecular formula is C12H15N3O3S. The molecule has 3 rings (SSSR count). The van der Waals surface area contributed by atoms with Crippen LogP contribution in [0.2, 0.25) is 0 Å². The van der Waals surface area contributed by atoms with Gasteiger partial charge in [-0.2, -0.15) is 0 Å². The van der Waals surface area contributed by atoms with Gasteiger partial charge in [0.1, 0.15) is 5.75 Å². The molecule has 1 aromatic heterocycles. The number of aromatic nitrogens is 3. The Kier molecular flexibility index (Phi) is 2.93. The molecule has 1 unspecified atom stereocenters. The molecule has 1 N–H and O–H groups in total. The molecule has 19 heavy (non-hydrogen) atoms. The molecule has 2 heterocycles. The van der Waals surface area contributed by atoms with E-state index in [0.29, 0.717) is 24.2 Å². The number of phenols is 1. The van der Waals surface area contributed by atoms with Gasteiger partial charge in [-0.1, -0.05) is 11.3 Å². The highest BCUT2D eigenvalue weighted by Gasteiger charge is 2.25. The van der Waals surface area contributed by atoms with Crippen LogP contribution >= 0.6 is 0 Å². The third kappa shape index (κ3) is 2.42. The Balaban J connectivity index is 1.88. The number of aromatic hydroxyl groups is 1. The molecular weight excluding hydrogens is 266 g/mol. The SMILES string of the molecule is O=S1(=O)CCCC(Cn2nnc3c(O)cccc32)C1. The van der Waals surface area contributed by atoms with Gasteiger partial charge in [0.25, 0.3) is 0 Å². The van der Waals surface area contributed by atoms with Crippen LogP contribution in [0.25, 0.3) is 11.0 Å². The van der Waals surface area contributed by atoms with E-state index >= 15 is 0 Å². The van der Waals surface area contributed by atoms with Crippen LogP contribution in [0.4, 0.5) is 0 Å². The van der Waals surface area contributed by atoms with Crippen LogP contribution in [0.3, 0.4) is 0 Å². The number of benzene rings is 1. The van der Waals surface area contributed by atoms with E-state index < -0.39 is 9.84 Å². The van der Waals surface area contributed by atoms with Crippen molar-refractivity contribution in [1.29, 1.82) is 0 Å². The number of phenolic OH excluding ortho intramolecular Hbond substituents is 1. The lowest BCUT2D eigenvalue weighted by molar-refractivity contribution is 0.407. The minimum atomic E-state index is -2.91. The fourth-order valence-corrected chi connectivity index (χ4v) is 4.38. The highest BCUT2D eigenvalue weighted by molar-refractivity contribution is 7.91. The summed E-state index contributed by atoms with van der Waals surface area (Å²) in [6, 6.07) is 5.12. The molecule has 1 fully saturated rings. The topological polar surface area (TPSA) is 85.1 Å². The molecule has 6 nitrogen and oxygen atoms in total. The number of hydrogen-bond donors (Lipinski definition) is 1. The number of nitrogens with zero attached hydrogens (tertiary/aromatic N) is 3. The molecule has 0 spiro atoms. The molecule has 0 saturated carbocycles. The average Bonchev–Trinajstić information content (AvgIpc) is 2.73. The monoisotopic (exact) mass is 281 g/mol. The highest BCUT2D eigenvalue weighted by atomic mass is 32.2. The van der Waals surface area contributed by atoms with Crippen molar-refractivity contribution in [2.45, 2.75) is 19.4 Å². The molecule has 1 atom stereocenters. The van der Waals surface area contributed by atoms with Gasteiger partial charge in [0.2, 0.25) is 0 Å². The summed E-state index contributed by atoms with van der Waals surface area (Å²) in [7, 11) is -2.91. The average molecular weight is 281 g/mol. The third-order valence-corrected chi connectivity index (χ3v) is 5.40. The first-order chi connectivity index (χ1) is 9.05. The lowest BCUT2D eigenvalue weighted by Crippen LogP contribution is -2.28.